The monoisotopic (exact) mass is 874 g/mol. The van der Waals surface area contributed by atoms with Gasteiger partial charge in [-0.05, 0) is 138 Å². The molecule has 0 saturated heterocycles. The van der Waals surface area contributed by atoms with Gasteiger partial charge >= 0.3 is 0 Å². The van der Waals surface area contributed by atoms with E-state index in [2.05, 4.69) is 240 Å². The molecule has 12 aromatic carbocycles. The van der Waals surface area contributed by atoms with Gasteiger partial charge in [0.1, 0.15) is 0 Å². The summed E-state index contributed by atoms with van der Waals surface area (Å²) < 4.78 is 0. The van der Waals surface area contributed by atoms with Gasteiger partial charge in [-0.25, -0.2) is 0 Å². The number of hydrogen-bond acceptors (Lipinski definition) is 4. The van der Waals surface area contributed by atoms with Crippen LogP contribution in [0.4, 0.5) is 34.1 Å². The minimum atomic E-state index is 1.18. The topological polar surface area (TPSA) is 6.48 Å². The summed E-state index contributed by atoms with van der Waals surface area (Å²) in [6.07, 6.45) is 0. The normalized spacial score (nSPS) is 13.0. The van der Waals surface area contributed by atoms with Crippen LogP contribution in [0, 0.1) is 0 Å². The molecular formula is C62H38N2S2. The summed E-state index contributed by atoms with van der Waals surface area (Å²) in [4.78, 5) is 9.96. The Morgan fingerprint density at radius 3 is 0.879 bits per heavy atom. The number of anilines is 6. The first-order chi connectivity index (χ1) is 32.8. The molecule has 308 valence electrons. The molecule has 66 heavy (non-hydrogen) atoms. The number of benzene rings is 12. The molecule has 0 radical (unpaired) electrons. The predicted octanol–water partition coefficient (Wildman–Crippen LogP) is 18.7. The fraction of sp³-hybridized carbons (Fsp3) is 0. The number of fused-ring (bicyclic) bond motifs is 11. The lowest BCUT2D eigenvalue weighted by Gasteiger charge is -2.34. The molecule has 0 bridgehead atoms. The van der Waals surface area contributed by atoms with Crippen LogP contribution >= 0.6 is 23.5 Å². The summed E-state index contributed by atoms with van der Waals surface area (Å²) in [5.74, 6) is 0. The standard InChI is InChI=1S/C62H38N2S2/c1-5-21-46-40(17-1)44(33-35-52(46)63-54-25-9-13-29-58(54)65-59-30-14-10-26-55(59)63)50-37-39-38-51(43-20-4-8-24-49(43)62(39)48-23-7-3-19-42(48)50)45-34-36-53(47-22-6-2-18-41(45)47)64-56-27-11-15-31-60(56)66-61-32-16-12-28-57(61)64/h1-38H. The molecule has 0 unspecified atom stereocenters. The van der Waals surface area contributed by atoms with E-state index in [0.717, 1.165) is 0 Å². The van der Waals surface area contributed by atoms with Crippen molar-refractivity contribution in [2.24, 2.45) is 0 Å². The van der Waals surface area contributed by atoms with Crippen LogP contribution in [0.3, 0.4) is 0 Å². The maximum absolute atomic E-state index is 2.47. The Balaban J connectivity index is 0.994. The van der Waals surface area contributed by atoms with Crippen LogP contribution in [0.2, 0.25) is 0 Å². The lowest BCUT2D eigenvalue weighted by atomic mass is 9.85. The Labute approximate surface area is 391 Å². The van der Waals surface area contributed by atoms with Crippen molar-refractivity contribution >= 4 is 112 Å². The van der Waals surface area contributed by atoms with Gasteiger partial charge in [0, 0.05) is 30.4 Å². The average molecular weight is 875 g/mol. The summed E-state index contributed by atoms with van der Waals surface area (Å²) in [5.41, 5.74) is 12.1. The number of para-hydroxylation sites is 4. The fourth-order valence-corrected chi connectivity index (χ4v) is 12.9. The van der Waals surface area contributed by atoms with Crippen molar-refractivity contribution in [3.8, 4) is 22.3 Å². The van der Waals surface area contributed by atoms with Crippen LogP contribution in [0.5, 0.6) is 0 Å². The van der Waals surface area contributed by atoms with Crippen molar-refractivity contribution in [2.75, 3.05) is 9.80 Å². The fourth-order valence-electron chi connectivity index (χ4n) is 10.8. The zero-order valence-electron chi connectivity index (χ0n) is 35.7. The third-order valence-corrected chi connectivity index (χ3v) is 15.9. The highest BCUT2D eigenvalue weighted by Gasteiger charge is 2.28. The van der Waals surface area contributed by atoms with Gasteiger partial charge in [0.15, 0.2) is 0 Å². The van der Waals surface area contributed by atoms with E-state index in [1.165, 1.54) is 130 Å². The highest BCUT2D eigenvalue weighted by Crippen LogP contribution is 2.55. The second-order valence-corrected chi connectivity index (χ2v) is 19.3. The largest absolute Gasteiger partial charge is 0.308 e. The summed E-state index contributed by atoms with van der Waals surface area (Å²) >= 11 is 3.69. The lowest BCUT2D eigenvalue weighted by Crippen LogP contribution is -2.15. The molecule has 2 nitrogen and oxygen atoms in total. The first kappa shape index (κ1) is 37.6. The third-order valence-electron chi connectivity index (χ3n) is 13.6. The molecule has 0 fully saturated rings. The lowest BCUT2D eigenvalue weighted by molar-refractivity contribution is 1.17. The van der Waals surface area contributed by atoms with E-state index in [1.54, 1.807) is 0 Å². The Hall–Kier alpha value is -7.76. The molecular weight excluding hydrogens is 837 g/mol. The molecule has 0 aromatic heterocycles. The molecule has 0 amide bonds. The Bertz CT molecular complexity index is 3640. The zero-order valence-corrected chi connectivity index (χ0v) is 37.3. The average Bonchev–Trinajstić information content (AvgIpc) is 3.38. The van der Waals surface area contributed by atoms with E-state index in [1.807, 2.05) is 23.5 Å². The van der Waals surface area contributed by atoms with Crippen molar-refractivity contribution in [1.29, 1.82) is 0 Å². The van der Waals surface area contributed by atoms with E-state index in [4.69, 9.17) is 0 Å². The van der Waals surface area contributed by atoms with Crippen LogP contribution in [-0.2, 0) is 0 Å². The first-order valence-electron chi connectivity index (χ1n) is 22.5. The highest BCUT2D eigenvalue weighted by atomic mass is 32.2. The summed E-state index contributed by atoms with van der Waals surface area (Å²) in [6.45, 7) is 0. The SMILES string of the molecule is c1ccc2c(c1)Sc1ccccc1N2c1ccc(-c2cc3cc(-c4ccc(N5c6ccccc6Sc6ccccc65)c5ccccc45)c4ccccc4c3c3ccccc23)c2ccccc12. The number of hydrogen-bond donors (Lipinski definition) is 0. The van der Waals surface area contributed by atoms with Gasteiger partial charge in [0.05, 0.1) is 34.1 Å². The smallest absolute Gasteiger partial charge is 0.0601 e. The van der Waals surface area contributed by atoms with Crippen molar-refractivity contribution < 1.29 is 0 Å². The van der Waals surface area contributed by atoms with Crippen molar-refractivity contribution in [1.82, 2.24) is 0 Å². The molecule has 4 heteroatoms. The summed E-state index contributed by atoms with van der Waals surface area (Å²) in [6, 6.07) is 85.5. The van der Waals surface area contributed by atoms with Gasteiger partial charge < -0.3 is 9.80 Å². The van der Waals surface area contributed by atoms with E-state index < -0.39 is 0 Å². The third kappa shape index (κ3) is 5.65. The summed E-state index contributed by atoms with van der Waals surface area (Å²) in [5, 5.41) is 12.4. The number of rotatable bonds is 4. The van der Waals surface area contributed by atoms with E-state index in [-0.39, 0.29) is 0 Å². The Morgan fingerprint density at radius 2 is 0.515 bits per heavy atom. The summed E-state index contributed by atoms with van der Waals surface area (Å²) in [7, 11) is 0. The van der Waals surface area contributed by atoms with Crippen molar-refractivity contribution in [3.05, 3.63) is 231 Å². The number of nitrogens with zero attached hydrogens (tertiary/aromatic N) is 2. The van der Waals surface area contributed by atoms with Crippen LogP contribution in [-0.4, -0.2) is 0 Å². The van der Waals surface area contributed by atoms with E-state index in [0.29, 0.717) is 0 Å². The Kier molecular flexibility index (Phi) is 8.49. The maximum atomic E-state index is 2.47. The molecule has 0 spiro atoms. The molecule has 0 saturated carbocycles. The zero-order chi connectivity index (χ0) is 43.3. The molecule has 0 atom stereocenters. The van der Waals surface area contributed by atoms with Gasteiger partial charge in [-0.15, -0.1) is 0 Å². The first-order valence-corrected chi connectivity index (χ1v) is 24.1. The van der Waals surface area contributed by atoms with E-state index in [9.17, 15) is 0 Å². The van der Waals surface area contributed by atoms with Crippen LogP contribution in [0.15, 0.2) is 250 Å². The minimum absolute atomic E-state index is 1.18. The van der Waals surface area contributed by atoms with Gasteiger partial charge in [-0.3, -0.25) is 0 Å². The predicted molar refractivity (Wildman–Crippen MR) is 282 cm³/mol. The molecule has 0 aliphatic carbocycles. The second-order valence-electron chi connectivity index (χ2n) is 17.1. The van der Waals surface area contributed by atoms with Gasteiger partial charge in [0.2, 0.25) is 0 Å². The molecule has 0 N–H and O–H groups in total. The van der Waals surface area contributed by atoms with Gasteiger partial charge in [-0.1, -0.05) is 181 Å². The Morgan fingerprint density at radius 1 is 0.227 bits per heavy atom. The highest BCUT2D eigenvalue weighted by molar-refractivity contribution is 8.00. The van der Waals surface area contributed by atoms with Crippen LogP contribution in [0.25, 0.3) is 76.1 Å². The van der Waals surface area contributed by atoms with Crippen LogP contribution < -0.4 is 9.80 Å². The molecule has 12 aromatic rings. The van der Waals surface area contributed by atoms with E-state index >= 15 is 0 Å². The minimum Gasteiger partial charge on any atom is -0.308 e. The van der Waals surface area contributed by atoms with Crippen molar-refractivity contribution in [3.63, 3.8) is 0 Å². The van der Waals surface area contributed by atoms with Gasteiger partial charge in [-0.2, -0.15) is 0 Å². The van der Waals surface area contributed by atoms with Gasteiger partial charge in [0.25, 0.3) is 0 Å². The second kappa shape index (κ2) is 14.9. The molecule has 14 rings (SSSR count). The van der Waals surface area contributed by atoms with Crippen molar-refractivity contribution in [2.45, 2.75) is 19.6 Å². The van der Waals surface area contributed by atoms with Crippen LogP contribution in [0.1, 0.15) is 0 Å². The quantitative estimate of drug-likeness (QED) is 0.162. The molecule has 2 aliphatic rings. The molecule has 2 aliphatic heterocycles. The maximum Gasteiger partial charge on any atom is 0.0601 e. The molecule has 2 heterocycles.